The van der Waals surface area contributed by atoms with Crippen LogP contribution in [0, 0.1) is 10.1 Å². The third-order valence-electron chi connectivity index (χ3n) is 2.05. The third-order valence-corrected chi connectivity index (χ3v) is 2.68. The van der Waals surface area contributed by atoms with Crippen molar-refractivity contribution in [3.05, 3.63) is 37.9 Å². The standard InChI is InChI=1S/C8H5Cl2N7O2/c9-5-2-6(10)7(17(18)19)1-4(5)3-12-16-8(11)13-14-15-16/h1-3H,(H2,11,13,15). The number of nitrogens with two attached hydrogens (primary N) is 1. The molecular formula is C8H5Cl2N7O2. The van der Waals surface area contributed by atoms with E-state index in [-0.39, 0.29) is 27.2 Å². The number of tetrazole rings is 1. The number of aromatic nitrogens is 4. The largest absolute Gasteiger partial charge is 0.365 e. The number of nitrogen functional groups attached to an aromatic ring is 1. The van der Waals surface area contributed by atoms with Crippen molar-refractivity contribution in [2.75, 3.05) is 5.73 Å². The number of hydrogen-bond acceptors (Lipinski definition) is 7. The minimum Gasteiger partial charge on any atom is -0.365 e. The van der Waals surface area contributed by atoms with E-state index in [1.807, 2.05) is 0 Å². The summed E-state index contributed by atoms with van der Waals surface area (Å²) in [7, 11) is 0. The van der Waals surface area contributed by atoms with Crippen LogP contribution in [0.25, 0.3) is 0 Å². The summed E-state index contributed by atoms with van der Waals surface area (Å²) in [5.74, 6) is -0.0316. The monoisotopic (exact) mass is 301 g/mol. The van der Waals surface area contributed by atoms with Crippen molar-refractivity contribution < 1.29 is 4.92 Å². The van der Waals surface area contributed by atoms with Gasteiger partial charge < -0.3 is 5.73 Å². The average molecular weight is 302 g/mol. The maximum Gasteiger partial charge on any atom is 0.288 e. The molecule has 1 aromatic heterocycles. The second-order valence-corrected chi connectivity index (χ2v) is 4.07. The van der Waals surface area contributed by atoms with Gasteiger partial charge in [-0.15, -0.1) is 0 Å². The van der Waals surface area contributed by atoms with E-state index in [1.54, 1.807) is 0 Å². The van der Waals surface area contributed by atoms with Gasteiger partial charge in [0, 0.05) is 11.6 Å². The van der Waals surface area contributed by atoms with Gasteiger partial charge in [0.05, 0.1) is 16.2 Å². The van der Waals surface area contributed by atoms with Crippen LogP contribution in [0.4, 0.5) is 11.6 Å². The van der Waals surface area contributed by atoms with Gasteiger partial charge >= 0.3 is 0 Å². The smallest absolute Gasteiger partial charge is 0.288 e. The van der Waals surface area contributed by atoms with Gasteiger partial charge in [0.25, 0.3) is 11.6 Å². The van der Waals surface area contributed by atoms with Crippen molar-refractivity contribution in [3.63, 3.8) is 0 Å². The highest BCUT2D eigenvalue weighted by molar-refractivity contribution is 6.37. The van der Waals surface area contributed by atoms with Crippen molar-refractivity contribution >= 4 is 41.1 Å². The van der Waals surface area contributed by atoms with Crippen molar-refractivity contribution in [2.24, 2.45) is 5.10 Å². The summed E-state index contributed by atoms with van der Waals surface area (Å²) in [6.45, 7) is 0. The normalized spacial score (nSPS) is 11.1. The number of rotatable bonds is 3. The lowest BCUT2D eigenvalue weighted by Crippen LogP contribution is -2.00. The van der Waals surface area contributed by atoms with Gasteiger partial charge in [0.15, 0.2) is 0 Å². The molecule has 11 heteroatoms. The molecule has 0 aliphatic rings. The van der Waals surface area contributed by atoms with Gasteiger partial charge in [-0.3, -0.25) is 10.1 Å². The van der Waals surface area contributed by atoms with Crippen LogP contribution in [0.2, 0.25) is 10.0 Å². The quantitative estimate of drug-likeness (QED) is 0.518. The molecule has 0 radical (unpaired) electrons. The number of halogens is 2. The van der Waals surface area contributed by atoms with E-state index in [1.165, 1.54) is 18.3 Å². The predicted octanol–water partition coefficient (Wildman–Crippen LogP) is 1.35. The average Bonchev–Trinajstić information content (AvgIpc) is 2.73. The molecule has 2 aromatic rings. The summed E-state index contributed by atoms with van der Waals surface area (Å²) in [6.07, 6.45) is 1.23. The summed E-state index contributed by atoms with van der Waals surface area (Å²) in [5.41, 5.74) is 5.40. The zero-order valence-electron chi connectivity index (χ0n) is 9.07. The first-order chi connectivity index (χ1) is 8.99. The van der Waals surface area contributed by atoms with E-state index in [0.29, 0.717) is 0 Å². The highest BCUT2D eigenvalue weighted by atomic mass is 35.5. The van der Waals surface area contributed by atoms with E-state index >= 15 is 0 Å². The van der Waals surface area contributed by atoms with E-state index in [2.05, 4.69) is 20.6 Å². The zero-order valence-corrected chi connectivity index (χ0v) is 10.6. The van der Waals surface area contributed by atoms with E-state index in [0.717, 1.165) is 4.79 Å². The molecular weight excluding hydrogens is 297 g/mol. The Morgan fingerprint density at radius 1 is 1.42 bits per heavy atom. The molecule has 0 saturated heterocycles. The molecule has 9 nitrogen and oxygen atoms in total. The molecule has 98 valence electrons. The van der Waals surface area contributed by atoms with Gasteiger partial charge in [-0.25, -0.2) is 0 Å². The maximum absolute atomic E-state index is 10.7. The first-order valence-corrected chi connectivity index (χ1v) is 5.46. The molecule has 0 saturated carbocycles. The second-order valence-electron chi connectivity index (χ2n) is 3.25. The number of nitro benzene ring substituents is 1. The van der Waals surface area contributed by atoms with E-state index in [9.17, 15) is 10.1 Å². The number of nitrogens with zero attached hydrogens (tertiary/aromatic N) is 6. The topological polar surface area (TPSA) is 125 Å². The SMILES string of the molecule is Nc1nnnn1N=Cc1cc([N+](=O)[O-])c(Cl)cc1Cl. The van der Waals surface area contributed by atoms with Crippen LogP contribution in [0.3, 0.4) is 0 Å². The fraction of sp³-hybridized carbons (Fsp3) is 0. The summed E-state index contributed by atoms with van der Waals surface area (Å²) in [6, 6.07) is 2.44. The molecule has 0 aliphatic heterocycles. The van der Waals surface area contributed by atoms with Crippen molar-refractivity contribution in [3.8, 4) is 0 Å². The van der Waals surface area contributed by atoms with Crippen LogP contribution in [0.1, 0.15) is 5.56 Å². The summed E-state index contributed by atoms with van der Waals surface area (Å²) >= 11 is 11.6. The Balaban J connectivity index is 2.40. The Labute approximate surface area is 115 Å². The van der Waals surface area contributed by atoms with Gasteiger partial charge in [-0.05, 0) is 16.5 Å². The Hall–Kier alpha value is -2.26. The lowest BCUT2D eigenvalue weighted by molar-refractivity contribution is -0.384. The first kappa shape index (κ1) is 13.2. The maximum atomic E-state index is 10.7. The number of anilines is 1. The fourth-order valence-corrected chi connectivity index (χ4v) is 1.68. The Bertz CT molecular complexity index is 669. The third kappa shape index (κ3) is 2.77. The molecule has 2 rings (SSSR count). The molecule has 1 heterocycles. The number of nitro groups is 1. The molecule has 0 bridgehead atoms. The Kier molecular flexibility index (Phi) is 3.58. The molecule has 2 N–H and O–H groups in total. The fourth-order valence-electron chi connectivity index (χ4n) is 1.18. The lowest BCUT2D eigenvalue weighted by atomic mass is 10.2. The van der Waals surface area contributed by atoms with Crippen molar-refractivity contribution in [2.45, 2.75) is 0 Å². The zero-order chi connectivity index (χ0) is 14.0. The molecule has 19 heavy (non-hydrogen) atoms. The van der Waals surface area contributed by atoms with Gasteiger partial charge in [-0.2, -0.15) is 5.10 Å². The molecule has 0 atom stereocenters. The number of benzene rings is 1. The number of hydrogen-bond donors (Lipinski definition) is 1. The van der Waals surface area contributed by atoms with Gasteiger partial charge in [0.2, 0.25) is 0 Å². The highest BCUT2D eigenvalue weighted by Crippen LogP contribution is 2.29. The minimum absolute atomic E-state index is 0.0316. The molecule has 0 spiro atoms. The lowest BCUT2D eigenvalue weighted by Gasteiger charge is -2.00. The highest BCUT2D eigenvalue weighted by Gasteiger charge is 2.15. The molecule has 0 unspecified atom stereocenters. The van der Waals surface area contributed by atoms with E-state index < -0.39 is 4.92 Å². The van der Waals surface area contributed by atoms with Crippen LogP contribution in [-0.4, -0.2) is 31.5 Å². The van der Waals surface area contributed by atoms with Crippen LogP contribution in [0.5, 0.6) is 0 Å². The van der Waals surface area contributed by atoms with Crippen molar-refractivity contribution in [1.29, 1.82) is 0 Å². The molecule has 0 fully saturated rings. The molecule has 1 aromatic carbocycles. The van der Waals surface area contributed by atoms with Crippen LogP contribution in [-0.2, 0) is 0 Å². The van der Waals surface area contributed by atoms with Crippen LogP contribution < -0.4 is 5.73 Å². The molecule has 0 aliphatic carbocycles. The second kappa shape index (κ2) is 5.16. The Morgan fingerprint density at radius 3 is 2.74 bits per heavy atom. The summed E-state index contributed by atoms with van der Waals surface area (Å²) < 4.78 is 0. The first-order valence-electron chi connectivity index (χ1n) is 4.70. The van der Waals surface area contributed by atoms with Crippen molar-refractivity contribution in [1.82, 2.24) is 20.3 Å². The van der Waals surface area contributed by atoms with Crippen LogP contribution >= 0.6 is 23.2 Å². The Morgan fingerprint density at radius 2 is 2.16 bits per heavy atom. The van der Waals surface area contributed by atoms with Crippen LogP contribution in [0.15, 0.2) is 17.2 Å². The van der Waals surface area contributed by atoms with Gasteiger partial charge in [0.1, 0.15) is 5.02 Å². The summed E-state index contributed by atoms with van der Waals surface area (Å²) in [4.78, 5) is 11.1. The molecule has 0 amide bonds. The van der Waals surface area contributed by atoms with E-state index in [4.69, 9.17) is 28.9 Å². The summed E-state index contributed by atoms with van der Waals surface area (Å²) in [5, 5.41) is 24.9. The predicted molar refractivity (Wildman–Crippen MR) is 68.3 cm³/mol. The van der Waals surface area contributed by atoms with Gasteiger partial charge in [-0.1, -0.05) is 33.1 Å². The minimum atomic E-state index is -0.624.